The largest absolute Gasteiger partial charge is 0.338 e. The third-order valence-electron chi connectivity index (χ3n) is 6.25. The average Bonchev–Trinajstić information content (AvgIpc) is 2.97. The summed E-state index contributed by atoms with van der Waals surface area (Å²) in [7, 11) is 0. The molecule has 0 N–H and O–H groups in total. The summed E-state index contributed by atoms with van der Waals surface area (Å²) < 4.78 is 0. The molecule has 2 aromatic rings. The van der Waals surface area contributed by atoms with Crippen LogP contribution in [-0.2, 0) is 11.3 Å². The summed E-state index contributed by atoms with van der Waals surface area (Å²) in [4.78, 5) is 44.7. The zero-order valence-corrected chi connectivity index (χ0v) is 18.2. The summed E-state index contributed by atoms with van der Waals surface area (Å²) in [6.07, 6.45) is 0.912. The van der Waals surface area contributed by atoms with Crippen LogP contribution in [0.5, 0.6) is 0 Å². The first-order valence-electron chi connectivity index (χ1n) is 10.9. The van der Waals surface area contributed by atoms with Gasteiger partial charge in [0.15, 0.2) is 0 Å². The SMILES string of the molecule is CC(C)CN1C(=O)N(Cc2ccccc2)C2(CCN(C(=O)c3ccccc3)CC2)C1=O. The molecule has 2 aliphatic rings. The molecule has 6 heteroatoms. The van der Waals surface area contributed by atoms with Gasteiger partial charge in [0.2, 0.25) is 0 Å². The molecule has 0 atom stereocenters. The number of piperidine rings is 1. The van der Waals surface area contributed by atoms with Gasteiger partial charge in [0.05, 0.1) is 0 Å². The lowest BCUT2D eigenvalue weighted by molar-refractivity contribution is -0.135. The molecule has 4 amide bonds. The van der Waals surface area contributed by atoms with Crippen LogP contribution in [0.15, 0.2) is 60.7 Å². The molecule has 0 bridgehead atoms. The van der Waals surface area contributed by atoms with E-state index in [1.54, 1.807) is 9.80 Å². The number of benzene rings is 2. The van der Waals surface area contributed by atoms with Crippen LogP contribution in [0.2, 0.25) is 0 Å². The van der Waals surface area contributed by atoms with E-state index in [4.69, 9.17) is 0 Å². The Morgan fingerprint density at radius 3 is 2.10 bits per heavy atom. The molecule has 1 spiro atoms. The Kier molecular flexibility index (Phi) is 5.81. The van der Waals surface area contributed by atoms with E-state index >= 15 is 0 Å². The topological polar surface area (TPSA) is 60.9 Å². The number of urea groups is 1. The van der Waals surface area contributed by atoms with Gasteiger partial charge < -0.3 is 9.80 Å². The third-order valence-corrected chi connectivity index (χ3v) is 6.25. The van der Waals surface area contributed by atoms with Crippen LogP contribution in [-0.4, -0.2) is 57.7 Å². The van der Waals surface area contributed by atoms with E-state index in [0.717, 1.165) is 5.56 Å². The van der Waals surface area contributed by atoms with Crippen molar-refractivity contribution in [2.45, 2.75) is 38.8 Å². The Morgan fingerprint density at radius 1 is 0.935 bits per heavy atom. The van der Waals surface area contributed by atoms with E-state index in [1.807, 2.05) is 74.5 Å². The van der Waals surface area contributed by atoms with E-state index in [0.29, 0.717) is 44.6 Å². The molecular formula is C25H29N3O3. The molecule has 0 unspecified atom stereocenters. The summed E-state index contributed by atoms with van der Waals surface area (Å²) in [6.45, 7) is 5.73. The molecule has 2 saturated heterocycles. The van der Waals surface area contributed by atoms with Crippen LogP contribution in [0, 0.1) is 5.92 Å². The molecule has 2 heterocycles. The predicted molar refractivity (Wildman–Crippen MR) is 118 cm³/mol. The molecule has 0 aromatic heterocycles. The number of likely N-dealkylation sites (tertiary alicyclic amines) is 1. The van der Waals surface area contributed by atoms with Crippen molar-refractivity contribution in [1.82, 2.24) is 14.7 Å². The number of nitrogens with zero attached hydrogens (tertiary/aromatic N) is 3. The summed E-state index contributed by atoms with van der Waals surface area (Å²) >= 11 is 0. The van der Waals surface area contributed by atoms with Gasteiger partial charge in [-0.25, -0.2) is 4.79 Å². The van der Waals surface area contributed by atoms with Gasteiger partial charge in [0.25, 0.3) is 11.8 Å². The minimum atomic E-state index is -0.880. The van der Waals surface area contributed by atoms with Crippen molar-refractivity contribution in [1.29, 1.82) is 0 Å². The van der Waals surface area contributed by atoms with Crippen LogP contribution in [0.25, 0.3) is 0 Å². The standard InChI is InChI=1S/C25H29N3O3/c1-19(2)17-27-23(30)25(28(24(27)31)18-20-9-5-3-6-10-20)13-15-26(16-14-25)22(29)21-11-7-4-8-12-21/h3-12,19H,13-18H2,1-2H3. The fourth-order valence-corrected chi connectivity index (χ4v) is 4.62. The Balaban J connectivity index is 1.58. The average molecular weight is 420 g/mol. The minimum absolute atomic E-state index is 0.0270. The van der Waals surface area contributed by atoms with Gasteiger partial charge in [0.1, 0.15) is 5.54 Å². The maximum Gasteiger partial charge on any atom is 0.327 e. The van der Waals surface area contributed by atoms with Crippen LogP contribution >= 0.6 is 0 Å². The summed E-state index contributed by atoms with van der Waals surface area (Å²) in [6, 6.07) is 18.8. The smallest absolute Gasteiger partial charge is 0.327 e. The highest BCUT2D eigenvalue weighted by atomic mass is 16.2. The van der Waals surface area contributed by atoms with Crippen molar-refractivity contribution in [2.75, 3.05) is 19.6 Å². The number of amides is 4. The fourth-order valence-electron chi connectivity index (χ4n) is 4.62. The third kappa shape index (κ3) is 3.94. The number of rotatable bonds is 5. The first-order valence-corrected chi connectivity index (χ1v) is 10.9. The molecule has 6 nitrogen and oxygen atoms in total. The first kappa shape index (κ1) is 21.1. The van der Waals surface area contributed by atoms with Crippen molar-refractivity contribution in [3.8, 4) is 0 Å². The maximum atomic E-state index is 13.5. The number of carbonyl (C=O) groups excluding carboxylic acids is 3. The normalized spacial score (nSPS) is 18.4. The van der Waals surface area contributed by atoms with E-state index in [2.05, 4.69) is 0 Å². The van der Waals surface area contributed by atoms with Gasteiger partial charge in [-0.15, -0.1) is 0 Å². The van der Waals surface area contributed by atoms with Gasteiger partial charge in [0, 0.05) is 31.7 Å². The van der Waals surface area contributed by atoms with E-state index in [1.165, 1.54) is 4.90 Å². The second-order valence-electron chi connectivity index (χ2n) is 8.85. The molecule has 162 valence electrons. The highest BCUT2D eigenvalue weighted by Gasteiger charge is 2.58. The van der Waals surface area contributed by atoms with Crippen LogP contribution < -0.4 is 0 Å². The second-order valence-corrected chi connectivity index (χ2v) is 8.85. The Labute approximate surface area is 183 Å². The van der Waals surface area contributed by atoms with Crippen molar-refractivity contribution in [3.05, 3.63) is 71.8 Å². The monoisotopic (exact) mass is 419 g/mol. The quantitative estimate of drug-likeness (QED) is 0.693. The summed E-state index contributed by atoms with van der Waals surface area (Å²) in [5, 5.41) is 0. The Hall–Kier alpha value is -3.15. The number of hydrogen-bond donors (Lipinski definition) is 0. The molecular weight excluding hydrogens is 390 g/mol. The van der Waals surface area contributed by atoms with Crippen molar-refractivity contribution >= 4 is 17.8 Å². The lowest BCUT2D eigenvalue weighted by Gasteiger charge is -2.42. The molecule has 0 aliphatic carbocycles. The highest BCUT2D eigenvalue weighted by Crippen LogP contribution is 2.39. The van der Waals surface area contributed by atoms with E-state index < -0.39 is 5.54 Å². The van der Waals surface area contributed by atoms with E-state index in [9.17, 15) is 14.4 Å². The summed E-state index contributed by atoms with van der Waals surface area (Å²) in [5.41, 5.74) is 0.766. The van der Waals surface area contributed by atoms with Crippen molar-refractivity contribution in [2.24, 2.45) is 5.92 Å². The predicted octanol–water partition coefficient (Wildman–Crippen LogP) is 3.78. The van der Waals surface area contributed by atoms with E-state index in [-0.39, 0.29) is 23.8 Å². The number of imide groups is 1. The fraction of sp³-hybridized carbons (Fsp3) is 0.400. The number of hydrogen-bond acceptors (Lipinski definition) is 3. The zero-order chi connectivity index (χ0) is 22.0. The Morgan fingerprint density at radius 2 is 1.52 bits per heavy atom. The summed E-state index contributed by atoms with van der Waals surface area (Å²) in [5.74, 6) is 0.0520. The first-order chi connectivity index (χ1) is 14.9. The maximum absolute atomic E-state index is 13.5. The number of carbonyl (C=O) groups is 3. The van der Waals surface area contributed by atoms with Gasteiger partial charge in [-0.3, -0.25) is 14.5 Å². The van der Waals surface area contributed by atoms with Crippen LogP contribution in [0.4, 0.5) is 4.79 Å². The lowest BCUT2D eigenvalue weighted by Crippen LogP contribution is -2.57. The zero-order valence-electron chi connectivity index (χ0n) is 18.2. The van der Waals surface area contributed by atoms with Crippen LogP contribution in [0.3, 0.4) is 0 Å². The molecule has 31 heavy (non-hydrogen) atoms. The van der Waals surface area contributed by atoms with Gasteiger partial charge in [-0.1, -0.05) is 62.4 Å². The van der Waals surface area contributed by atoms with Gasteiger partial charge >= 0.3 is 6.03 Å². The minimum Gasteiger partial charge on any atom is -0.338 e. The van der Waals surface area contributed by atoms with Crippen molar-refractivity contribution < 1.29 is 14.4 Å². The van der Waals surface area contributed by atoms with Gasteiger partial charge in [-0.05, 0) is 36.5 Å². The van der Waals surface area contributed by atoms with Gasteiger partial charge in [-0.2, -0.15) is 0 Å². The molecule has 2 fully saturated rings. The van der Waals surface area contributed by atoms with Crippen molar-refractivity contribution in [3.63, 3.8) is 0 Å². The molecule has 2 aromatic carbocycles. The van der Waals surface area contributed by atoms with Crippen LogP contribution in [0.1, 0.15) is 42.6 Å². The Bertz CT molecular complexity index is 950. The lowest BCUT2D eigenvalue weighted by atomic mass is 9.85. The molecule has 0 saturated carbocycles. The molecule has 4 rings (SSSR count). The second kappa shape index (κ2) is 8.53. The molecule has 0 radical (unpaired) electrons. The molecule has 2 aliphatic heterocycles. The highest BCUT2D eigenvalue weighted by molar-refractivity contribution is 6.07.